The van der Waals surface area contributed by atoms with Crippen molar-refractivity contribution in [3.8, 4) is 16.7 Å². The number of rotatable bonds is 10. The van der Waals surface area contributed by atoms with Crippen molar-refractivity contribution >= 4 is 40.1 Å². The second kappa shape index (κ2) is 13.8. The first-order chi connectivity index (χ1) is 22.3. The Morgan fingerprint density at radius 1 is 1.21 bits per heavy atom. The molecular formula is C35H43N7O4S. The molecule has 0 unspecified atom stereocenters. The monoisotopic (exact) mass is 657 g/mol. The molecule has 4 heterocycles. The van der Waals surface area contributed by atoms with Gasteiger partial charge in [-0.2, -0.15) is 5.26 Å². The molecule has 0 radical (unpaired) electrons. The van der Waals surface area contributed by atoms with Gasteiger partial charge < -0.3 is 24.3 Å². The van der Waals surface area contributed by atoms with Crippen LogP contribution in [-0.2, 0) is 17.9 Å². The Balaban J connectivity index is 1.46. The molecule has 1 aliphatic heterocycles. The number of thiophene rings is 1. The number of aromatic nitrogens is 3. The summed E-state index contributed by atoms with van der Waals surface area (Å²) in [5, 5.41) is 26.2. The van der Waals surface area contributed by atoms with Gasteiger partial charge in [-0.15, -0.1) is 11.3 Å². The molecule has 1 fully saturated rings. The predicted octanol–water partition coefficient (Wildman–Crippen LogP) is 5.99. The number of oxazole rings is 1. The van der Waals surface area contributed by atoms with E-state index in [1.54, 1.807) is 23.2 Å². The van der Waals surface area contributed by atoms with Crippen LogP contribution in [0.2, 0.25) is 0 Å². The zero-order valence-electron chi connectivity index (χ0n) is 27.8. The van der Waals surface area contributed by atoms with Crippen LogP contribution in [0.15, 0.2) is 59.0 Å². The molecule has 0 spiro atoms. The van der Waals surface area contributed by atoms with Gasteiger partial charge >= 0.3 is 0 Å². The molecule has 0 saturated carbocycles. The number of hydrogen-bond donors (Lipinski definition) is 3. The standard InChI is InChI=1S/C35H43N7O4S/c1-34(2,3)15-23(16-36)32(45)41-13-7-8-24(41)19-42-26-10-9-22(17-38-30(20-43)35(4,5)6)14-25(26)39-33(42)40-31(44)29-12-11-28(47-29)27-18-37-21-46-27/h9-12,14-15,18,21,24,30,38,43H,7-8,13,17,19-20H2,1-6H3,(H,39,40,44)/t24-,30+/m1/s1. The Morgan fingerprint density at radius 2 is 2.00 bits per heavy atom. The molecule has 5 rings (SSSR count). The summed E-state index contributed by atoms with van der Waals surface area (Å²) >= 11 is 1.29. The zero-order chi connectivity index (χ0) is 33.9. The number of anilines is 1. The first kappa shape index (κ1) is 34.0. The third kappa shape index (κ3) is 7.99. The number of likely N-dealkylation sites (tertiary alicyclic amines) is 1. The number of nitriles is 1. The highest BCUT2D eigenvalue weighted by molar-refractivity contribution is 7.17. The molecule has 4 aromatic rings. The minimum absolute atomic E-state index is 0.0203. The fourth-order valence-electron chi connectivity index (χ4n) is 5.78. The number of aliphatic hydroxyl groups excluding tert-OH is 1. The number of carbonyl (C=O) groups excluding carboxylic acids is 2. The Morgan fingerprint density at radius 3 is 2.66 bits per heavy atom. The fraction of sp³-hybridized carbons (Fsp3) is 0.457. The van der Waals surface area contributed by atoms with E-state index in [-0.39, 0.29) is 46.9 Å². The zero-order valence-corrected chi connectivity index (χ0v) is 28.6. The van der Waals surface area contributed by atoms with Crippen LogP contribution in [-0.4, -0.2) is 61.6 Å². The van der Waals surface area contributed by atoms with Crippen molar-refractivity contribution in [3.63, 3.8) is 0 Å². The van der Waals surface area contributed by atoms with E-state index in [1.807, 2.05) is 49.6 Å². The van der Waals surface area contributed by atoms with Gasteiger partial charge in [0.1, 0.15) is 11.6 Å². The van der Waals surface area contributed by atoms with Gasteiger partial charge in [-0.25, -0.2) is 9.97 Å². The molecule has 0 bridgehead atoms. The number of carbonyl (C=O) groups is 2. The molecule has 47 heavy (non-hydrogen) atoms. The topological polar surface area (TPSA) is 149 Å². The second-order valence-electron chi connectivity index (χ2n) is 14.2. The first-order valence-corrected chi connectivity index (χ1v) is 16.7. The lowest BCUT2D eigenvalue weighted by atomic mass is 9.87. The molecule has 1 aliphatic rings. The van der Waals surface area contributed by atoms with Crippen LogP contribution in [0.25, 0.3) is 21.7 Å². The summed E-state index contributed by atoms with van der Waals surface area (Å²) in [5.74, 6) is 0.372. The third-order valence-corrected chi connectivity index (χ3v) is 9.38. The number of fused-ring (bicyclic) bond motifs is 1. The molecule has 11 nitrogen and oxygen atoms in total. The predicted molar refractivity (Wildman–Crippen MR) is 183 cm³/mol. The van der Waals surface area contributed by atoms with E-state index < -0.39 is 0 Å². The number of hydrogen-bond acceptors (Lipinski definition) is 9. The summed E-state index contributed by atoms with van der Waals surface area (Å²) in [5.41, 5.74) is 2.21. The minimum Gasteiger partial charge on any atom is -0.443 e. The number of amides is 2. The van der Waals surface area contributed by atoms with Crippen LogP contribution in [0.4, 0.5) is 5.95 Å². The van der Waals surface area contributed by atoms with Crippen LogP contribution in [0.3, 0.4) is 0 Å². The normalized spacial score (nSPS) is 16.4. The summed E-state index contributed by atoms with van der Waals surface area (Å²) in [6.07, 6.45) is 6.26. The van der Waals surface area contributed by atoms with E-state index in [9.17, 15) is 20.0 Å². The molecule has 0 aliphatic carbocycles. The lowest BCUT2D eigenvalue weighted by Gasteiger charge is -2.30. The van der Waals surface area contributed by atoms with Crippen molar-refractivity contribution in [1.82, 2.24) is 24.8 Å². The van der Waals surface area contributed by atoms with Gasteiger partial charge in [-0.1, -0.05) is 53.7 Å². The molecule has 1 saturated heterocycles. The molecule has 3 aromatic heterocycles. The average molecular weight is 658 g/mol. The Kier molecular flexibility index (Phi) is 10.0. The van der Waals surface area contributed by atoms with Crippen LogP contribution >= 0.6 is 11.3 Å². The van der Waals surface area contributed by atoms with Crippen molar-refractivity contribution in [2.75, 3.05) is 18.5 Å². The number of benzene rings is 1. The highest BCUT2D eigenvalue weighted by Gasteiger charge is 2.33. The van der Waals surface area contributed by atoms with Crippen molar-refractivity contribution < 1.29 is 19.1 Å². The van der Waals surface area contributed by atoms with Gasteiger partial charge in [0.2, 0.25) is 5.95 Å². The maximum absolute atomic E-state index is 13.6. The van der Waals surface area contributed by atoms with Crippen molar-refractivity contribution in [3.05, 3.63) is 65.0 Å². The lowest BCUT2D eigenvalue weighted by Crippen LogP contribution is -2.42. The third-order valence-electron chi connectivity index (χ3n) is 8.28. The highest BCUT2D eigenvalue weighted by atomic mass is 32.1. The second-order valence-corrected chi connectivity index (χ2v) is 15.2. The lowest BCUT2D eigenvalue weighted by molar-refractivity contribution is -0.127. The average Bonchev–Trinajstić information content (AvgIpc) is 3.82. The van der Waals surface area contributed by atoms with Crippen LogP contribution in [0.5, 0.6) is 0 Å². The van der Waals surface area contributed by atoms with E-state index in [2.05, 4.69) is 42.5 Å². The van der Waals surface area contributed by atoms with Crippen molar-refractivity contribution in [2.45, 2.75) is 79.6 Å². The number of aliphatic hydroxyl groups is 1. The molecule has 2 amide bonds. The van der Waals surface area contributed by atoms with Gasteiger partial charge in [0.25, 0.3) is 11.8 Å². The number of allylic oxidation sites excluding steroid dienone is 1. The van der Waals surface area contributed by atoms with Crippen LogP contribution < -0.4 is 10.6 Å². The van der Waals surface area contributed by atoms with E-state index in [0.29, 0.717) is 41.7 Å². The molecule has 12 heteroatoms. The first-order valence-electron chi connectivity index (χ1n) is 15.8. The Bertz CT molecular complexity index is 1800. The van der Waals surface area contributed by atoms with E-state index >= 15 is 0 Å². The van der Waals surface area contributed by atoms with Crippen molar-refractivity contribution in [1.29, 1.82) is 5.26 Å². The SMILES string of the molecule is CC(C)(C)C=C(C#N)C(=O)N1CCC[C@@H]1Cn1c(NC(=O)c2ccc(-c3cnco3)s2)nc2cc(CN[C@@H](CO)C(C)(C)C)ccc21. The molecule has 3 N–H and O–H groups in total. The summed E-state index contributed by atoms with van der Waals surface area (Å²) in [6, 6.07) is 11.4. The van der Waals surface area contributed by atoms with E-state index in [1.165, 1.54) is 17.7 Å². The molecule has 1 aromatic carbocycles. The number of nitrogens with zero attached hydrogens (tertiary/aromatic N) is 5. The number of imidazole rings is 1. The van der Waals surface area contributed by atoms with Gasteiger partial charge in [0.15, 0.2) is 12.2 Å². The summed E-state index contributed by atoms with van der Waals surface area (Å²) in [4.78, 5) is 39.0. The maximum atomic E-state index is 13.6. The molecule has 248 valence electrons. The molecule has 2 atom stereocenters. The van der Waals surface area contributed by atoms with Gasteiger partial charge in [0.05, 0.1) is 39.6 Å². The Labute approximate surface area is 279 Å². The van der Waals surface area contributed by atoms with E-state index in [0.717, 1.165) is 28.8 Å². The fourth-order valence-corrected chi connectivity index (χ4v) is 6.63. The maximum Gasteiger partial charge on any atom is 0.268 e. The largest absolute Gasteiger partial charge is 0.443 e. The van der Waals surface area contributed by atoms with Crippen molar-refractivity contribution in [2.24, 2.45) is 10.8 Å². The minimum atomic E-state index is -0.320. The van der Waals surface area contributed by atoms with Gasteiger partial charge in [0, 0.05) is 25.7 Å². The quantitative estimate of drug-likeness (QED) is 0.139. The Hall–Kier alpha value is -4.31. The smallest absolute Gasteiger partial charge is 0.268 e. The van der Waals surface area contributed by atoms with Gasteiger partial charge in [-0.3, -0.25) is 14.9 Å². The molecular weight excluding hydrogens is 614 g/mol. The highest BCUT2D eigenvalue weighted by Crippen LogP contribution is 2.31. The van der Waals surface area contributed by atoms with Gasteiger partial charge in [-0.05, 0) is 53.5 Å². The summed E-state index contributed by atoms with van der Waals surface area (Å²) in [6.45, 7) is 13.6. The van der Waals surface area contributed by atoms with Crippen LogP contribution in [0.1, 0.15) is 69.6 Å². The number of nitrogens with one attached hydrogen (secondary N) is 2. The van der Waals surface area contributed by atoms with Crippen LogP contribution in [0, 0.1) is 22.2 Å². The van der Waals surface area contributed by atoms with E-state index in [4.69, 9.17) is 9.40 Å². The summed E-state index contributed by atoms with van der Waals surface area (Å²) in [7, 11) is 0. The summed E-state index contributed by atoms with van der Waals surface area (Å²) < 4.78 is 7.35.